The van der Waals surface area contributed by atoms with Crippen LogP contribution < -0.4 is 5.32 Å². The Morgan fingerprint density at radius 3 is 3.23 bits per heavy atom. The van der Waals surface area contributed by atoms with Gasteiger partial charge in [0.05, 0.1) is 12.3 Å². The fourth-order valence-corrected chi connectivity index (χ4v) is 2.26. The molecule has 0 bridgehead atoms. The Morgan fingerprint density at radius 2 is 2.62 bits per heavy atom. The third kappa shape index (κ3) is 1.95. The van der Waals surface area contributed by atoms with E-state index in [4.69, 9.17) is 4.42 Å². The van der Waals surface area contributed by atoms with Crippen LogP contribution in [0.15, 0.2) is 22.8 Å². The summed E-state index contributed by atoms with van der Waals surface area (Å²) in [6, 6.07) is 3.39. The molecule has 4 heteroatoms. The van der Waals surface area contributed by atoms with Gasteiger partial charge in [-0.15, -0.1) is 0 Å². The van der Waals surface area contributed by atoms with Crippen LogP contribution in [0.3, 0.4) is 0 Å². The molecule has 2 heterocycles. The number of rotatable bonds is 2. The summed E-state index contributed by atoms with van der Waals surface area (Å²) in [5.74, 6) is 2.46. The predicted octanol–water partition coefficient (Wildman–Crippen LogP) is 1.17. The van der Waals surface area contributed by atoms with Crippen molar-refractivity contribution in [1.29, 1.82) is 0 Å². The van der Waals surface area contributed by atoms with Crippen LogP contribution in [0.25, 0.3) is 0 Å². The summed E-state index contributed by atoms with van der Waals surface area (Å²) in [5, 5.41) is 3.18. The van der Waals surface area contributed by atoms with E-state index in [1.807, 2.05) is 0 Å². The van der Waals surface area contributed by atoms with Gasteiger partial charge in [-0.1, -0.05) is 0 Å². The highest BCUT2D eigenvalue weighted by atomic mass is 32.2. The van der Waals surface area contributed by atoms with Crippen LogP contribution in [-0.2, 0) is 0 Å². The van der Waals surface area contributed by atoms with E-state index in [9.17, 15) is 4.79 Å². The molecule has 2 rings (SSSR count). The van der Waals surface area contributed by atoms with E-state index in [0.717, 1.165) is 18.1 Å². The number of carbonyl (C=O) groups excluding carboxylic acids is 1. The van der Waals surface area contributed by atoms with E-state index in [0.29, 0.717) is 5.76 Å². The molecule has 0 radical (unpaired) electrons. The summed E-state index contributed by atoms with van der Waals surface area (Å²) in [6.45, 7) is 0.905. The van der Waals surface area contributed by atoms with Gasteiger partial charge in [0, 0.05) is 18.1 Å². The smallest absolute Gasteiger partial charge is 0.215 e. The van der Waals surface area contributed by atoms with Crippen LogP contribution in [0.4, 0.5) is 0 Å². The second kappa shape index (κ2) is 3.98. The van der Waals surface area contributed by atoms with E-state index in [2.05, 4.69) is 5.32 Å². The lowest BCUT2D eigenvalue weighted by atomic mass is 10.1. The zero-order valence-corrected chi connectivity index (χ0v) is 7.97. The number of nitrogens with one attached hydrogen (secondary N) is 1. The van der Waals surface area contributed by atoms with Gasteiger partial charge in [0.15, 0.2) is 5.76 Å². The first-order chi connectivity index (χ1) is 6.38. The first-order valence-corrected chi connectivity index (χ1v) is 5.42. The highest BCUT2D eigenvalue weighted by molar-refractivity contribution is 7.99. The molecule has 1 N–H and O–H groups in total. The molecule has 1 fully saturated rings. The molecule has 1 saturated heterocycles. The lowest BCUT2D eigenvalue weighted by Gasteiger charge is -2.20. The van der Waals surface area contributed by atoms with E-state index < -0.39 is 0 Å². The molecule has 0 aromatic carbocycles. The Balaban J connectivity index is 2.04. The zero-order chi connectivity index (χ0) is 9.10. The molecule has 1 aliphatic heterocycles. The summed E-state index contributed by atoms with van der Waals surface area (Å²) in [6.07, 6.45) is 1.53. The highest BCUT2D eigenvalue weighted by Gasteiger charge is 2.23. The maximum absolute atomic E-state index is 11.7. The number of ketones is 1. The molecule has 1 aromatic heterocycles. The van der Waals surface area contributed by atoms with Crippen molar-refractivity contribution in [2.75, 3.05) is 18.1 Å². The highest BCUT2D eigenvalue weighted by Crippen LogP contribution is 2.12. The Bertz CT molecular complexity index is 278. The second-order valence-electron chi connectivity index (χ2n) is 2.92. The van der Waals surface area contributed by atoms with Gasteiger partial charge in [0.25, 0.3) is 0 Å². The molecule has 0 amide bonds. The Labute approximate surface area is 80.9 Å². The maximum atomic E-state index is 11.7. The summed E-state index contributed by atoms with van der Waals surface area (Å²) in [4.78, 5) is 11.7. The molecule has 1 aliphatic rings. The molecule has 0 aliphatic carbocycles. The topological polar surface area (TPSA) is 42.2 Å². The molecular weight excluding hydrogens is 186 g/mol. The molecule has 0 spiro atoms. The standard InChI is InChI=1S/C9H11NO2S/c11-9(8-2-1-4-12-8)7-6-13-5-3-10-7/h1-2,4,7,10H,3,5-6H2. The molecule has 70 valence electrons. The number of hydrogen-bond acceptors (Lipinski definition) is 4. The molecule has 1 atom stereocenters. The van der Waals surface area contributed by atoms with Gasteiger partial charge in [-0.25, -0.2) is 0 Å². The average Bonchev–Trinajstić information content (AvgIpc) is 2.71. The van der Waals surface area contributed by atoms with E-state index in [-0.39, 0.29) is 11.8 Å². The molecule has 13 heavy (non-hydrogen) atoms. The first kappa shape index (κ1) is 8.84. The number of Topliss-reactive ketones (excluding diaryl/α,β-unsaturated/α-hetero) is 1. The van der Waals surface area contributed by atoms with Crippen LogP contribution in [0.5, 0.6) is 0 Å². The summed E-state index contributed by atoms with van der Waals surface area (Å²) in [5.41, 5.74) is 0. The van der Waals surface area contributed by atoms with Gasteiger partial charge in [-0.3, -0.25) is 4.79 Å². The average molecular weight is 197 g/mol. The third-order valence-electron chi connectivity index (χ3n) is 2.00. The SMILES string of the molecule is O=C(c1ccco1)C1CSCCN1. The first-order valence-electron chi connectivity index (χ1n) is 4.27. The largest absolute Gasteiger partial charge is 0.461 e. The molecule has 0 saturated carbocycles. The van der Waals surface area contributed by atoms with Crippen LogP contribution in [0.1, 0.15) is 10.6 Å². The van der Waals surface area contributed by atoms with Gasteiger partial charge >= 0.3 is 0 Å². The van der Waals surface area contributed by atoms with Gasteiger partial charge in [-0.05, 0) is 12.1 Å². The normalized spacial score (nSPS) is 22.9. The van der Waals surface area contributed by atoms with Crippen LogP contribution in [0, 0.1) is 0 Å². The quantitative estimate of drug-likeness (QED) is 0.723. The third-order valence-corrected chi connectivity index (χ3v) is 3.06. The Kier molecular flexibility index (Phi) is 2.71. The van der Waals surface area contributed by atoms with E-state index >= 15 is 0 Å². The minimum absolute atomic E-state index is 0.0649. The van der Waals surface area contributed by atoms with Gasteiger partial charge in [-0.2, -0.15) is 11.8 Å². The predicted molar refractivity (Wildman–Crippen MR) is 52.2 cm³/mol. The molecular formula is C9H11NO2S. The van der Waals surface area contributed by atoms with Crippen molar-refractivity contribution in [1.82, 2.24) is 5.32 Å². The Hall–Kier alpha value is -0.740. The van der Waals surface area contributed by atoms with Crippen molar-refractivity contribution >= 4 is 17.5 Å². The van der Waals surface area contributed by atoms with Gasteiger partial charge in [0.2, 0.25) is 5.78 Å². The monoisotopic (exact) mass is 197 g/mol. The Morgan fingerprint density at radius 1 is 1.69 bits per heavy atom. The number of furan rings is 1. The lowest BCUT2D eigenvalue weighted by Crippen LogP contribution is -2.43. The van der Waals surface area contributed by atoms with Crippen molar-refractivity contribution in [3.63, 3.8) is 0 Å². The number of thioether (sulfide) groups is 1. The van der Waals surface area contributed by atoms with E-state index in [1.54, 1.807) is 23.9 Å². The fourth-order valence-electron chi connectivity index (χ4n) is 1.32. The zero-order valence-electron chi connectivity index (χ0n) is 7.16. The minimum Gasteiger partial charge on any atom is -0.461 e. The van der Waals surface area contributed by atoms with Crippen LogP contribution in [-0.4, -0.2) is 29.9 Å². The number of carbonyl (C=O) groups is 1. The van der Waals surface area contributed by atoms with Crippen molar-refractivity contribution in [2.45, 2.75) is 6.04 Å². The van der Waals surface area contributed by atoms with Crippen LogP contribution >= 0.6 is 11.8 Å². The lowest BCUT2D eigenvalue weighted by molar-refractivity contribution is 0.0925. The van der Waals surface area contributed by atoms with Crippen molar-refractivity contribution in [3.05, 3.63) is 24.2 Å². The molecule has 1 unspecified atom stereocenters. The van der Waals surface area contributed by atoms with Crippen molar-refractivity contribution in [3.8, 4) is 0 Å². The van der Waals surface area contributed by atoms with Crippen LogP contribution in [0.2, 0.25) is 0 Å². The summed E-state index contributed by atoms with van der Waals surface area (Å²) in [7, 11) is 0. The van der Waals surface area contributed by atoms with E-state index in [1.165, 1.54) is 6.26 Å². The summed E-state index contributed by atoms with van der Waals surface area (Å²) < 4.78 is 5.05. The van der Waals surface area contributed by atoms with Crippen molar-refractivity contribution < 1.29 is 9.21 Å². The van der Waals surface area contributed by atoms with Crippen molar-refractivity contribution in [2.24, 2.45) is 0 Å². The molecule has 1 aromatic rings. The maximum Gasteiger partial charge on any atom is 0.215 e. The fraction of sp³-hybridized carbons (Fsp3) is 0.444. The second-order valence-corrected chi connectivity index (χ2v) is 4.07. The van der Waals surface area contributed by atoms with Gasteiger partial charge in [0.1, 0.15) is 0 Å². The summed E-state index contributed by atoms with van der Waals surface area (Å²) >= 11 is 1.80. The number of hydrogen-bond donors (Lipinski definition) is 1. The minimum atomic E-state index is -0.0649. The van der Waals surface area contributed by atoms with Gasteiger partial charge < -0.3 is 9.73 Å². The molecule has 3 nitrogen and oxygen atoms in total.